The second-order valence-corrected chi connectivity index (χ2v) is 7.22. The van der Waals surface area contributed by atoms with E-state index in [2.05, 4.69) is 59.4 Å². The molecule has 0 aliphatic heterocycles. The highest BCUT2D eigenvalue weighted by Gasteiger charge is 2.25. The monoisotopic (exact) mass is 351 g/mol. The highest BCUT2D eigenvalue weighted by molar-refractivity contribution is 9.09. The smallest absolute Gasteiger partial charge is 0.223 e. The molecule has 21 heavy (non-hydrogen) atoms. The Kier molecular flexibility index (Phi) is 6.28. The third-order valence-electron chi connectivity index (χ3n) is 4.75. The SMILES string of the molecule is CCC(CC)C(Br)CNC(=O)C1CCc2ccccc2C1. The molecule has 0 saturated carbocycles. The average molecular weight is 352 g/mol. The van der Waals surface area contributed by atoms with E-state index < -0.39 is 0 Å². The molecular weight excluding hydrogens is 326 g/mol. The summed E-state index contributed by atoms with van der Waals surface area (Å²) in [5.41, 5.74) is 2.76. The van der Waals surface area contributed by atoms with Crippen molar-refractivity contribution in [1.82, 2.24) is 5.32 Å². The number of hydrogen-bond donors (Lipinski definition) is 1. The quantitative estimate of drug-likeness (QED) is 0.767. The Morgan fingerprint density at radius 2 is 1.95 bits per heavy atom. The van der Waals surface area contributed by atoms with Crippen molar-refractivity contribution in [2.24, 2.45) is 11.8 Å². The molecule has 0 radical (unpaired) electrons. The van der Waals surface area contributed by atoms with E-state index in [1.54, 1.807) is 0 Å². The van der Waals surface area contributed by atoms with Crippen LogP contribution in [0.15, 0.2) is 24.3 Å². The van der Waals surface area contributed by atoms with E-state index in [-0.39, 0.29) is 11.8 Å². The fourth-order valence-corrected chi connectivity index (χ4v) is 4.14. The van der Waals surface area contributed by atoms with Crippen LogP contribution < -0.4 is 5.32 Å². The number of aryl methyl sites for hydroxylation is 1. The number of rotatable bonds is 6. The van der Waals surface area contributed by atoms with Crippen molar-refractivity contribution in [2.75, 3.05) is 6.54 Å². The lowest BCUT2D eigenvalue weighted by atomic mass is 9.83. The van der Waals surface area contributed by atoms with Crippen molar-refractivity contribution in [3.8, 4) is 0 Å². The summed E-state index contributed by atoms with van der Waals surface area (Å²) in [6.07, 6.45) is 5.19. The molecule has 0 spiro atoms. The maximum atomic E-state index is 12.4. The first kappa shape index (κ1) is 16.5. The number of fused-ring (bicyclic) bond motifs is 1. The molecule has 2 atom stereocenters. The molecule has 3 heteroatoms. The van der Waals surface area contributed by atoms with Gasteiger partial charge in [0, 0.05) is 17.3 Å². The van der Waals surface area contributed by atoms with Crippen LogP contribution in [-0.4, -0.2) is 17.3 Å². The molecule has 1 N–H and O–H groups in total. The predicted octanol–water partition coefficient (Wildman–Crippen LogP) is 4.11. The summed E-state index contributed by atoms with van der Waals surface area (Å²) in [7, 11) is 0. The van der Waals surface area contributed by atoms with Gasteiger partial charge in [-0.2, -0.15) is 0 Å². The maximum absolute atomic E-state index is 12.4. The average Bonchev–Trinajstić information content (AvgIpc) is 2.53. The summed E-state index contributed by atoms with van der Waals surface area (Å²) in [6, 6.07) is 8.50. The van der Waals surface area contributed by atoms with Crippen LogP contribution in [0.25, 0.3) is 0 Å². The van der Waals surface area contributed by atoms with Crippen LogP contribution >= 0.6 is 15.9 Å². The van der Waals surface area contributed by atoms with Gasteiger partial charge < -0.3 is 5.32 Å². The molecule has 0 aromatic heterocycles. The third-order valence-corrected chi connectivity index (χ3v) is 5.82. The zero-order chi connectivity index (χ0) is 15.2. The van der Waals surface area contributed by atoms with Gasteiger partial charge in [-0.1, -0.05) is 66.9 Å². The Balaban J connectivity index is 1.85. The van der Waals surface area contributed by atoms with Gasteiger partial charge in [0.1, 0.15) is 0 Å². The minimum absolute atomic E-state index is 0.140. The van der Waals surface area contributed by atoms with Crippen LogP contribution in [0.3, 0.4) is 0 Å². The Morgan fingerprint density at radius 1 is 1.29 bits per heavy atom. The van der Waals surface area contributed by atoms with Crippen molar-refractivity contribution in [2.45, 2.75) is 50.8 Å². The number of halogens is 1. The van der Waals surface area contributed by atoms with E-state index in [1.165, 1.54) is 11.1 Å². The molecule has 0 saturated heterocycles. The molecule has 116 valence electrons. The van der Waals surface area contributed by atoms with Crippen molar-refractivity contribution in [3.05, 3.63) is 35.4 Å². The molecular formula is C18H26BrNO. The van der Waals surface area contributed by atoms with Crippen LogP contribution in [-0.2, 0) is 17.6 Å². The van der Waals surface area contributed by atoms with Gasteiger partial charge in [0.15, 0.2) is 0 Å². The fourth-order valence-electron chi connectivity index (χ4n) is 3.23. The standard InChI is InChI=1S/C18H26BrNO/c1-3-13(4-2)17(19)12-20-18(21)16-10-9-14-7-5-6-8-15(14)11-16/h5-8,13,16-17H,3-4,9-12H2,1-2H3,(H,20,21). The molecule has 2 rings (SSSR count). The van der Waals surface area contributed by atoms with Gasteiger partial charge in [-0.05, 0) is 36.3 Å². The Labute approximate surface area is 136 Å². The van der Waals surface area contributed by atoms with Crippen LogP contribution in [0, 0.1) is 11.8 Å². The third kappa shape index (κ3) is 4.32. The number of benzene rings is 1. The molecule has 1 aliphatic carbocycles. The number of alkyl halides is 1. The molecule has 1 aromatic rings. The first-order valence-corrected chi connectivity index (χ1v) is 9.05. The van der Waals surface area contributed by atoms with Crippen LogP contribution in [0.5, 0.6) is 0 Å². The zero-order valence-corrected chi connectivity index (χ0v) is 14.7. The Bertz CT molecular complexity index is 470. The van der Waals surface area contributed by atoms with E-state index in [0.29, 0.717) is 10.7 Å². The van der Waals surface area contributed by atoms with Crippen LogP contribution in [0.2, 0.25) is 0 Å². The first-order valence-electron chi connectivity index (χ1n) is 8.14. The van der Waals surface area contributed by atoms with E-state index in [4.69, 9.17) is 0 Å². The van der Waals surface area contributed by atoms with Crippen molar-refractivity contribution < 1.29 is 4.79 Å². The largest absolute Gasteiger partial charge is 0.355 e. The van der Waals surface area contributed by atoms with E-state index in [0.717, 1.165) is 38.6 Å². The molecule has 2 nitrogen and oxygen atoms in total. The maximum Gasteiger partial charge on any atom is 0.223 e. The fraction of sp³-hybridized carbons (Fsp3) is 0.611. The Hall–Kier alpha value is -0.830. The number of carbonyl (C=O) groups excluding carboxylic acids is 1. The lowest BCUT2D eigenvalue weighted by Gasteiger charge is -2.25. The summed E-state index contributed by atoms with van der Waals surface area (Å²) in [4.78, 5) is 12.8. The van der Waals surface area contributed by atoms with Gasteiger partial charge in [0.25, 0.3) is 0 Å². The summed E-state index contributed by atoms with van der Waals surface area (Å²) in [6.45, 7) is 5.16. The second kappa shape index (κ2) is 7.98. The molecule has 1 amide bonds. The van der Waals surface area contributed by atoms with E-state index in [9.17, 15) is 4.79 Å². The zero-order valence-electron chi connectivity index (χ0n) is 13.1. The first-order chi connectivity index (χ1) is 10.2. The van der Waals surface area contributed by atoms with Crippen molar-refractivity contribution >= 4 is 21.8 Å². The molecule has 0 bridgehead atoms. The minimum Gasteiger partial charge on any atom is -0.355 e. The van der Waals surface area contributed by atoms with E-state index >= 15 is 0 Å². The number of amides is 1. The highest BCUT2D eigenvalue weighted by Crippen LogP contribution is 2.26. The van der Waals surface area contributed by atoms with Gasteiger partial charge in [-0.3, -0.25) is 4.79 Å². The molecule has 1 aliphatic rings. The van der Waals surface area contributed by atoms with Gasteiger partial charge in [0.05, 0.1) is 0 Å². The highest BCUT2D eigenvalue weighted by atomic mass is 79.9. The van der Waals surface area contributed by atoms with Gasteiger partial charge in [0.2, 0.25) is 5.91 Å². The molecule has 0 fully saturated rings. The Morgan fingerprint density at radius 3 is 2.62 bits per heavy atom. The number of carbonyl (C=O) groups is 1. The van der Waals surface area contributed by atoms with Crippen molar-refractivity contribution in [1.29, 1.82) is 0 Å². The summed E-state index contributed by atoms with van der Waals surface area (Å²) < 4.78 is 0. The minimum atomic E-state index is 0.140. The van der Waals surface area contributed by atoms with Gasteiger partial charge in [-0.15, -0.1) is 0 Å². The number of nitrogens with one attached hydrogen (secondary N) is 1. The lowest BCUT2D eigenvalue weighted by molar-refractivity contribution is -0.125. The normalized spacial score (nSPS) is 19.1. The lowest BCUT2D eigenvalue weighted by Crippen LogP contribution is -2.38. The second-order valence-electron chi connectivity index (χ2n) is 6.05. The molecule has 2 unspecified atom stereocenters. The number of hydrogen-bond acceptors (Lipinski definition) is 1. The van der Waals surface area contributed by atoms with E-state index in [1.807, 2.05) is 0 Å². The summed E-state index contributed by atoms with van der Waals surface area (Å²) in [5, 5.41) is 3.15. The van der Waals surface area contributed by atoms with Crippen LogP contribution in [0.1, 0.15) is 44.2 Å². The predicted molar refractivity (Wildman–Crippen MR) is 91.8 cm³/mol. The molecule has 0 heterocycles. The summed E-state index contributed by atoms with van der Waals surface area (Å²) in [5.74, 6) is 0.999. The van der Waals surface area contributed by atoms with Gasteiger partial charge in [-0.25, -0.2) is 0 Å². The van der Waals surface area contributed by atoms with Crippen molar-refractivity contribution in [3.63, 3.8) is 0 Å². The molecule has 1 aromatic carbocycles. The van der Waals surface area contributed by atoms with Gasteiger partial charge >= 0.3 is 0 Å². The topological polar surface area (TPSA) is 29.1 Å². The summed E-state index contributed by atoms with van der Waals surface area (Å²) >= 11 is 3.73. The van der Waals surface area contributed by atoms with Crippen LogP contribution in [0.4, 0.5) is 0 Å².